The summed E-state index contributed by atoms with van der Waals surface area (Å²) in [6, 6.07) is 6.67. The van der Waals surface area contributed by atoms with Gasteiger partial charge in [0.2, 0.25) is 6.23 Å². The van der Waals surface area contributed by atoms with Gasteiger partial charge >= 0.3 is 5.97 Å². The fourth-order valence-corrected chi connectivity index (χ4v) is 3.71. The maximum atomic E-state index is 14.0. The first-order valence-corrected chi connectivity index (χ1v) is 9.03. The minimum Gasteiger partial charge on any atom is -0.493 e. The van der Waals surface area contributed by atoms with Gasteiger partial charge in [0, 0.05) is 22.6 Å². The quantitative estimate of drug-likeness (QED) is 0.636. The molecule has 28 heavy (non-hydrogen) atoms. The first-order chi connectivity index (χ1) is 13.5. The summed E-state index contributed by atoms with van der Waals surface area (Å²) in [5.74, 6) is -1.20. The van der Waals surface area contributed by atoms with Crippen LogP contribution in [-0.2, 0) is 4.74 Å². The van der Waals surface area contributed by atoms with Crippen molar-refractivity contribution in [1.82, 2.24) is 4.98 Å². The normalized spacial score (nSPS) is 15.1. The van der Waals surface area contributed by atoms with E-state index in [9.17, 15) is 13.6 Å². The number of carbonyl (C=O) groups excluding carboxylic acids is 1. The highest BCUT2D eigenvalue weighted by Crippen LogP contribution is 2.42. The maximum Gasteiger partial charge on any atom is 0.344 e. The van der Waals surface area contributed by atoms with Crippen molar-refractivity contribution >= 4 is 22.4 Å². The molecule has 4 rings (SSSR count). The van der Waals surface area contributed by atoms with Crippen LogP contribution >= 0.6 is 11.3 Å². The first-order valence-electron chi connectivity index (χ1n) is 8.15. The van der Waals surface area contributed by atoms with Crippen LogP contribution in [0.25, 0.3) is 11.3 Å². The minimum atomic E-state index is -0.778. The number of hydrogen-bond donors (Lipinski definition) is 1. The van der Waals surface area contributed by atoms with Gasteiger partial charge in [0.05, 0.1) is 19.9 Å². The smallest absolute Gasteiger partial charge is 0.344 e. The van der Waals surface area contributed by atoms with Gasteiger partial charge in [-0.25, -0.2) is 18.6 Å². The number of rotatable bonds is 5. The molecular weight excluding hydrogens is 390 g/mol. The van der Waals surface area contributed by atoms with Crippen molar-refractivity contribution in [3.8, 4) is 22.8 Å². The number of ether oxygens (including phenoxy) is 3. The third-order valence-corrected chi connectivity index (χ3v) is 5.03. The molecule has 0 aliphatic carbocycles. The summed E-state index contributed by atoms with van der Waals surface area (Å²) in [5, 5.41) is 5.05. The SMILES string of the molecule is COc1ccc2c(c1OC)C(=O)O[C@H]2Nc1nc(-c2ccc(F)cc2F)cs1. The maximum absolute atomic E-state index is 14.0. The number of fused-ring (bicyclic) bond motifs is 1. The Bertz CT molecular complexity index is 1070. The zero-order valence-corrected chi connectivity index (χ0v) is 15.6. The molecule has 0 bridgehead atoms. The molecule has 3 aromatic rings. The summed E-state index contributed by atoms with van der Waals surface area (Å²) in [4.78, 5) is 16.6. The van der Waals surface area contributed by atoms with Crippen molar-refractivity contribution in [3.63, 3.8) is 0 Å². The molecule has 2 aromatic carbocycles. The second-order valence-corrected chi connectivity index (χ2v) is 6.72. The summed E-state index contributed by atoms with van der Waals surface area (Å²) in [5.41, 5.74) is 1.39. The highest BCUT2D eigenvalue weighted by atomic mass is 32.1. The molecule has 0 spiro atoms. The van der Waals surface area contributed by atoms with E-state index in [0.717, 1.165) is 6.07 Å². The molecule has 9 heteroatoms. The van der Waals surface area contributed by atoms with Gasteiger partial charge in [0.15, 0.2) is 16.6 Å². The van der Waals surface area contributed by atoms with E-state index < -0.39 is 23.8 Å². The number of esters is 1. The predicted octanol–water partition coefficient (Wildman–Crippen LogP) is 4.39. The highest BCUT2D eigenvalue weighted by molar-refractivity contribution is 7.14. The average molecular weight is 404 g/mol. The zero-order valence-electron chi connectivity index (χ0n) is 14.8. The molecule has 1 aliphatic heterocycles. The number of aromatic nitrogens is 1. The van der Waals surface area contributed by atoms with Crippen LogP contribution < -0.4 is 14.8 Å². The lowest BCUT2D eigenvalue weighted by atomic mass is 10.1. The molecule has 144 valence electrons. The molecule has 0 saturated heterocycles. The van der Waals surface area contributed by atoms with Gasteiger partial charge in [-0.05, 0) is 24.3 Å². The van der Waals surface area contributed by atoms with Crippen LogP contribution in [0, 0.1) is 11.6 Å². The van der Waals surface area contributed by atoms with Gasteiger partial charge in [0.25, 0.3) is 0 Å². The molecule has 6 nitrogen and oxygen atoms in total. The zero-order chi connectivity index (χ0) is 19.8. The molecule has 0 radical (unpaired) electrons. The van der Waals surface area contributed by atoms with E-state index in [1.165, 1.54) is 37.7 Å². The Hall–Kier alpha value is -3.20. The summed E-state index contributed by atoms with van der Waals surface area (Å²) in [6.07, 6.45) is -0.778. The van der Waals surface area contributed by atoms with E-state index in [0.29, 0.717) is 27.9 Å². The molecule has 0 fully saturated rings. The largest absolute Gasteiger partial charge is 0.493 e. The number of thiazole rings is 1. The number of nitrogens with one attached hydrogen (secondary N) is 1. The van der Waals surface area contributed by atoms with E-state index in [1.807, 2.05) is 0 Å². The molecule has 0 amide bonds. The highest BCUT2D eigenvalue weighted by Gasteiger charge is 2.36. The van der Waals surface area contributed by atoms with Crippen LogP contribution in [0.2, 0.25) is 0 Å². The Kier molecular flexibility index (Phi) is 4.60. The van der Waals surface area contributed by atoms with E-state index in [2.05, 4.69) is 10.3 Å². The number of nitrogens with zero attached hydrogens (tertiary/aromatic N) is 1. The van der Waals surface area contributed by atoms with Crippen molar-refractivity contribution in [1.29, 1.82) is 0 Å². The number of halogens is 2. The number of cyclic esters (lactones) is 1. The minimum absolute atomic E-state index is 0.181. The second kappa shape index (κ2) is 7.08. The summed E-state index contributed by atoms with van der Waals surface area (Å²) >= 11 is 1.21. The van der Waals surface area contributed by atoms with Crippen molar-refractivity contribution < 1.29 is 27.8 Å². The van der Waals surface area contributed by atoms with Gasteiger partial charge in [0.1, 0.15) is 17.2 Å². The molecule has 1 aliphatic rings. The Balaban J connectivity index is 1.62. The Morgan fingerprint density at radius 3 is 2.71 bits per heavy atom. The lowest BCUT2D eigenvalue weighted by molar-refractivity contribution is 0.0435. The number of methoxy groups -OCH3 is 2. The monoisotopic (exact) mass is 404 g/mol. The van der Waals surface area contributed by atoms with E-state index in [-0.39, 0.29) is 11.1 Å². The van der Waals surface area contributed by atoms with Gasteiger partial charge in [-0.15, -0.1) is 11.3 Å². The lowest BCUT2D eigenvalue weighted by Gasteiger charge is -2.13. The van der Waals surface area contributed by atoms with Gasteiger partial charge in [-0.3, -0.25) is 0 Å². The van der Waals surface area contributed by atoms with Crippen molar-refractivity contribution in [2.24, 2.45) is 0 Å². The molecule has 2 heterocycles. The lowest BCUT2D eigenvalue weighted by Crippen LogP contribution is -2.10. The number of anilines is 1. The van der Waals surface area contributed by atoms with Gasteiger partial charge < -0.3 is 19.5 Å². The Labute approximate surface area is 162 Å². The number of hydrogen-bond acceptors (Lipinski definition) is 7. The molecule has 1 aromatic heterocycles. The Morgan fingerprint density at radius 1 is 1.18 bits per heavy atom. The van der Waals surface area contributed by atoms with Crippen molar-refractivity contribution in [2.45, 2.75) is 6.23 Å². The van der Waals surface area contributed by atoms with Crippen LogP contribution in [0.5, 0.6) is 11.5 Å². The van der Waals surface area contributed by atoms with Crippen molar-refractivity contribution in [3.05, 3.63) is 58.5 Å². The summed E-state index contributed by atoms with van der Waals surface area (Å²) < 4.78 is 43.0. The second-order valence-electron chi connectivity index (χ2n) is 5.86. The third kappa shape index (κ3) is 3.03. The molecule has 1 atom stereocenters. The van der Waals surface area contributed by atoms with Crippen LogP contribution in [0.15, 0.2) is 35.7 Å². The average Bonchev–Trinajstić information content (AvgIpc) is 3.26. The van der Waals surface area contributed by atoms with Crippen LogP contribution in [-0.4, -0.2) is 25.2 Å². The first kappa shape index (κ1) is 18.2. The fourth-order valence-electron chi connectivity index (χ4n) is 2.98. The Morgan fingerprint density at radius 2 is 2.00 bits per heavy atom. The van der Waals surface area contributed by atoms with Crippen LogP contribution in [0.1, 0.15) is 22.1 Å². The fraction of sp³-hybridized carbons (Fsp3) is 0.158. The predicted molar refractivity (Wildman–Crippen MR) is 98.8 cm³/mol. The topological polar surface area (TPSA) is 69.7 Å². The van der Waals surface area contributed by atoms with Crippen molar-refractivity contribution in [2.75, 3.05) is 19.5 Å². The van der Waals surface area contributed by atoms with Gasteiger partial charge in [-0.2, -0.15) is 0 Å². The molecule has 0 unspecified atom stereocenters. The molecule has 0 saturated carbocycles. The molecular formula is C19H14F2N2O4S. The standard InChI is InChI=1S/C19H14F2N2O4S/c1-25-14-6-5-11-15(16(14)26-2)18(24)27-17(11)23-19-22-13(8-28-19)10-4-3-9(20)7-12(10)21/h3-8,17H,1-2H3,(H,22,23)/t17-/m1/s1. The van der Waals surface area contributed by atoms with E-state index >= 15 is 0 Å². The summed E-state index contributed by atoms with van der Waals surface area (Å²) in [7, 11) is 2.92. The van der Waals surface area contributed by atoms with Crippen LogP contribution in [0.3, 0.4) is 0 Å². The molecule has 1 N–H and O–H groups in total. The number of benzene rings is 2. The van der Waals surface area contributed by atoms with Gasteiger partial charge in [-0.1, -0.05) is 0 Å². The summed E-state index contributed by atoms with van der Waals surface area (Å²) in [6.45, 7) is 0. The van der Waals surface area contributed by atoms with E-state index in [4.69, 9.17) is 14.2 Å². The third-order valence-electron chi connectivity index (χ3n) is 4.26. The van der Waals surface area contributed by atoms with Crippen LogP contribution in [0.4, 0.5) is 13.9 Å². The number of carbonyl (C=O) groups is 1. The van der Waals surface area contributed by atoms with E-state index in [1.54, 1.807) is 17.5 Å².